The first-order valence-corrected chi connectivity index (χ1v) is 7.45. The minimum absolute atomic E-state index is 0.0349. The van der Waals surface area contributed by atoms with Gasteiger partial charge in [-0.2, -0.15) is 18.4 Å². The van der Waals surface area contributed by atoms with Gasteiger partial charge < -0.3 is 10.2 Å². The quantitative estimate of drug-likeness (QED) is 0.837. The molecule has 5 nitrogen and oxygen atoms in total. The highest BCUT2D eigenvalue weighted by atomic mass is 19.4. The predicted molar refractivity (Wildman–Crippen MR) is 77.8 cm³/mol. The van der Waals surface area contributed by atoms with E-state index in [-0.39, 0.29) is 17.8 Å². The number of rotatable bonds is 4. The predicted octanol–water partition coefficient (Wildman–Crippen LogP) is 2.83. The number of carbonyl (C=O) groups excluding carboxylic acids is 1. The molecule has 2 rings (SSSR count). The molecule has 1 amide bonds. The SMILES string of the molecule is CCc1nccc(NCC(=O)N2CC(F)(F)CC2C#N)c1C(F)(F)F. The number of aryl methyl sites for hydroxylation is 1. The number of hydrogen-bond acceptors (Lipinski definition) is 4. The second kappa shape index (κ2) is 6.82. The molecule has 0 aliphatic carbocycles. The van der Waals surface area contributed by atoms with Crippen molar-refractivity contribution in [1.82, 2.24) is 9.88 Å². The molecule has 0 spiro atoms. The van der Waals surface area contributed by atoms with Crippen molar-refractivity contribution in [3.8, 4) is 6.07 Å². The number of amides is 1. The van der Waals surface area contributed by atoms with Crippen LogP contribution >= 0.6 is 0 Å². The molecule has 1 fully saturated rings. The topological polar surface area (TPSA) is 69.0 Å². The number of anilines is 1. The normalized spacial score (nSPS) is 19.6. The van der Waals surface area contributed by atoms with Crippen molar-refractivity contribution < 1.29 is 26.7 Å². The summed E-state index contributed by atoms with van der Waals surface area (Å²) in [6.07, 6.45) is -4.25. The van der Waals surface area contributed by atoms with Crippen LogP contribution in [0.5, 0.6) is 0 Å². The van der Waals surface area contributed by atoms with Crippen LogP contribution in [-0.4, -0.2) is 40.8 Å². The Morgan fingerprint density at radius 3 is 2.76 bits per heavy atom. The largest absolute Gasteiger partial charge is 0.420 e. The fourth-order valence-corrected chi connectivity index (χ4v) is 2.70. The number of hydrogen-bond donors (Lipinski definition) is 1. The average molecular weight is 362 g/mol. The monoisotopic (exact) mass is 362 g/mol. The summed E-state index contributed by atoms with van der Waals surface area (Å²) in [6.45, 7) is -0.0464. The summed E-state index contributed by atoms with van der Waals surface area (Å²) >= 11 is 0. The number of nitrogens with zero attached hydrogens (tertiary/aromatic N) is 3. The van der Waals surface area contributed by atoms with Crippen molar-refractivity contribution in [2.24, 2.45) is 0 Å². The number of alkyl halides is 5. The van der Waals surface area contributed by atoms with Gasteiger partial charge in [-0.15, -0.1) is 0 Å². The van der Waals surface area contributed by atoms with Crippen LogP contribution in [0.2, 0.25) is 0 Å². The Labute approximate surface area is 140 Å². The van der Waals surface area contributed by atoms with Gasteiger partial charge >= 0.3 is 6.18 Å². The van der Waals surface area contributed by atoms with E-state index in [1.54, 1.807) is 6.07 Å². The van der Waals surface area contributed by atoms with Gasteiger partial charge in [-0.25, -0.2) is 8.78 Å². The van der Waals surface area contributed by atoms with Gasteiger partial charge in [0.25, 0.3) is 5.92 Å². The second-order valence-corrected chi connectivity index (χ2v) is 5.61. The maximum Gasteiger partial charge on any atom is 0.420 e. The Hall–Kier alpha value is -2.44. The van der Waals surface area contributed by atoms with Gasteiger partial charge in [0.1, 0.15) is 11.6 Å². The lowest BCUT2D eigenvalue weighted by atomic mass is 10.1. The third kappa shape index (κ3) is 4.15. The molecule has 0 saturated carbocycles. The second-order valence-electron chi connectivity index (χ2n) is 5.61. The van der Waals surface area contributed by atoms with Crippen LogP contribution in [0.1, 0.15) is 24.6 Å². The van der Waals surface area contributed by atoms with Gasteiger partial charge in [0.05, 0.1) is 30.5 Å². The van der Waals surface area contributed by atoms with Gasteiger partial charge in [0.2, 0.25) is 5.91 Å². The molecule has 2 heterocycles. The number of nitrogens with one attached hydrogen (secondary N) is 1. The number of pyridine rings is 1. The Morgan fingerprint density at radius 1 is 1.52 bits per heavy atom. The molecule has 136 valence electrons. The molecule has 1 aliphatic rings. The summed E-state index contributed by atoms with van der Waals surface area (Å²) in [7, 11) is 0. The molecule has 1 aromatic rings. The molecule has 10 heteroatoms. The summed E-state index contributed by atoms with van der Waals surface area (Å²) in [5, 5.41) is 11.2. The summed E-state index contributed by atoms with van der Waals surface area (Å²) in [4.78, 5) is 16.4. The number of likely N-dealkylation sites (tertiary alicyclic amines) is 1. The molecule has 0 radical (unpaired) electrons. The van der Waals surface area contributed by atoms with Gasteiger partial charge in [-0.3, -0.25) is 9.78 Å². The molecule has 1 atom stereocenters. The van der Waals surface area contributed by atoms with Gasteiger partial charge in [-0.05, 0) is 12.5 Å². The van der Waals surface area contributed by atoms with Crippen LogP contribution in [0.3, 0.4) is 0 Å². The van der Waals surface area contributed by atoms with E-state index in [0.717, 1.165) is 6.07 Å². The van der Waals surface area contributed by atoms with Crippen molar-refractivity contribution >= 4 is 11.6 Å². The molecule has 0 bridgehead atoms. The van der Waals surface area contributed by atoms with Crippen molar-refractivity contribution in [2.75, 3.05) is 18.4 Å². The fourth-order valence-electron chi connectivity index (χ4n) is 2.70. The van der Waals surface area contributed by atoms with Crippen molar-refractivity contribution in [3.63, 3.8) is 0 Å². The van der Waals surface area contributed by atoms with Gasteiger partial charge in [0, 0.05) is 12.6 Å². The van der Waals surface area contributed by atoms with Crippen LogP contribution in [-0.2, 0) is 17.4 Å². The molecule has 0 aromatic carbocycles. The van der Waals surface area contributed by atoms with E-state index in [1.807, 2.05) is 0 Å². The van der Waals surface area contributed by atoms with E-state index in [2.05, 4.69) is 10.3 Å². The van der Waals surface area contributed by atoms with E-state index < -0.39 is 49.1 Å². The highest BCUT2D eigenvalue weighted by Gasteiger charge is 2.47. The van der Waals surface area contributed by atoms with Crippen LogP contribution < -0.4 is 5.32 Å². The average Bonchev–Trinajstić information content (AvgIpc) is 2.86. The smallest absolute Gasteiger partial charge is 0.376 e. The molecular formula is C15H15F5N4O. The zero-order valence-electron chi connectivity index (χ0n) is 13.2. The Morgan fingerprint density at radius 2 is 2.20 bits per heavy atom. The molecule has 1 N–H and O–H groups in total. The van der Waals surface area contributed by atoms with E-state index >= 15 is 0 Å². The first-order valence-electron chi connectivity index (χ1n) is 7.45. The van der Waals surface area contributed by atoms with Gasteiger partial charge in [0.15, 0.2) is 0 Å². The third-order valence-electron chi connectivity index (χ3n) is 3.82. The zero-order valence-corrected chi connectivity index (χ0v) is 13.2. The lowest BCUT2D eigenvalue weighted by Crippen LogP contribution is -2.39. The molecule has 1 saturated heterocycles. The summed E-state index contributed by atoms with van der Waals surface area (Å²) in [6, 6.07) is 1.38. The third-order valence-corrected chi connectivity index (χ3v) is 3.82. The Bertz CT molecular complexity index is 698. The van der Waals surface area contributed by atoms with E-state index in [0.29, 0.717) is 4.90 Å². The maximum atomic E-state index is 13.4. The minimum Gasteiger partial charge on any atom is -0.376 e. The molecule has 25 heavy (non-hydrogen) atoms. The number of aromatic nitrogens is 1. The Balaban J connectivity index is 2.17. The van der Waals surface area contributed by atoms with Crippen molar-refractivity contribution in [3.05, 3.63) is 23.5 Å². The van der Waals surface area contributed by atoms with Crippen LogP contribution in [0.15, 0.2) is 12.3 Å². The highest BCUT2D eigenvalue weighted by molar-refractivity contribution is 5.82. The number of nitriles is 1. The maximum absolute atomic E-state index is 13.4. The fraction of sp³-hybridized carbons (Fsp3) is 0.533. The summed E-state index contributed by atoms with van der Waals surface area (Å²) in [5.41, 5.74) is -1.53. The van der Waals surface area contributed by atoms with Gasteiger partial charge in [-0.1, -0.05) is 6.92 Å². The Kier molecular flexibility index (Phi) is 5.15. The van der Waals surface area contributed by atoms with Crippen LogP contribution in [0.4, 0.5) is 27.6 Å². The molecular weight excluding hydrogens is 347 g/mol. The lowest BCUT2D eigenvalue weighted by Gasteiger charge is -2.21. The highest BCUT2D eigenvalue weighted by Crippen LogP contribution is 2.37. The summed E-state index contributed by atoms with van der Waals surface area (Å²) < 4.78 is 66.4. The first kappa shape index (κ1) is 18.9. The van der Waals surface area contributed by atoms with Crippen molar-refractivity contribution in [2.45, 2.75) is 37.9 Å². The first-order chi connectivity index (χ1) is 11.6. The van der Waals surface area contributed by atoms with E-state index in [9.17, 15) is 26.7 Å². The number of carbonyl (C=O) groups is 1. The van der Waals surface area contributed by atoms with Crippen molar-refractivity contribution in [1.29, 1.82) is 5.26 Å². The lowest BCUT2D eigenvalue weighted by molar-refractivity contribution is -0.138. The van der Waals surface area contributed by atoms with E-state index in [4.69, 9.17) is 5.26 Å². The van der Waals surface area contributed by atoms with E-state index in [1.165, 1.54) is 13.1 Å². The summed E-state index contributed by atoms with van der Waals surface area (Å²) in [5.74, 6) is -4.05. The van der Waals surface area contributed by atoms with Crippen LogP contribution in [0, 0.1) is 11.3 Å². The molecule has 1 aromatic heterocycles. The minimum atomic E-state index is -4.68. The molecule has 1 aliphatic heterocycles. The number of halogens is 5. The zero-order chi connectivity index (χ0) is 18.8. The molecule has 1 unspecified atom stereocenters. The van der Waals surface area contributed by atoms with Crippen LogP contribution in [0.25, 0.3) is 0 Å². The standard InChI is InChI=1S/C15H15F5N4O/c1-2-10-13(15(18,19)20)11(3-4-22-10)23-7-12(25)24-8-14(16,17)5-9(24)6-21/h3-4,9H,2,5,7-8H2,1H3,(H,22,23).